The van der Waals surface area contributed by atoms with Gasteiger partial charge in [-0.1, -0.05) is 23.7 Å². The predicted molar refractivity (Wildman–Crippen MR) is 99.9 cm³/mol. The zero-order chi connectivity index (χ0) is 18.8. The van der Waals surface area contributed by atoms with Crippen LogP contribution in [-0.4, -0.2) is 15.7 Å². The lowest BCUT2D eigenvalue weighted by Gasteiger charge is -2.09. The minimum atomic E-state index is -0.329. The summed E-state index contributed by atoms with van der Waals surface area (Å²) in [6, 6.07) is 8.88. The van der Waals surface area contributed by atoms with E-state index in [1.807, 2.05) is 40.0 Å². The van der Waals surface area contributed by atoms with Crippen LogP contribution in [0.1, 0.15) is 33.3 Å². The highest BCUT2D eigenvalue weighted by molar-refractivity contribution is 6.32. The average molecular weight is 374 g/mol. The van der Waals surface area contributed by atoms with Crippen LogP contribution in [0.2, 0.25) is 5.02 Å². The summed E-state index contributed by atoms with van der Waals surface area (Å²) in [5.74, 6) is 1.03. The zero-order valence-corrected chi connectivity index (χ0v) is 15.8. The quantitative estimate of drug-likeness (QED) is 0.718. The number of furan rings is 1. The molecule has 0 radical (unpaired) electrons. The summed E-state index contributed by atoms with van der Waals surface area (Å²) in [6.45, 7) is 5.84. The molecule has 0 unspecified atom stereocenters. The highest BCUT2D eigenvalue weighted by Gasteiger charge is 2.17. The van der Waals surface area contributed by atoms with Crippen LogP contribution >= 0.6 is 11.6 Å². The second-order valence-corrected chi connectivity index (χ2v) is 6.47. The molecule has 0 spiro atoms. The molecule has 6 nitrogen and oxygen atoms in total. The Bertz CT molecular complexity index is 939. The normalized spacial score (nSPS) is 10.8. The van der Waals surface area contributed by atoms with Crippen LogP contribution in [0.4, 0.5) is 5.69 Å². The third-order valence-electron chi connectivity index (χ3n) is 4.16. The van der Waals surface area contributed by atoms with Gasteiger partial charge in [0.05, 0.1) is 22.1 Å². The van der Waals surface area contributed by atoms with Gasteiger partial charge in [-0.25, -0.2) is 0 Å². The van der Waals surface area contributed by atoms with Crippen LogP contribution in [0.5, 0.6) is 5.75 Å². The van der Waals surface area contributed by atoms with Gasteiger partial charge in [-0.05, 0) is 44.5 Å². The number of ether oxygens (including phenoxy) is 1. The molecule has 0 fully saturated rings. The minimum Gasteiger partial charge on any atom is -0.484 e. The number of amides is 1. The topological polar surface area (TPSA) is 69.3 Å². The fourth-order valence-corrected chi connectivity index (χ4v) is 2.93. The molecule has 3 rings (SSSR count). The molecule has 0 bridgehead atoms. The number of aryl methyl sites for hydroxylation is 3. The number of halogens is 1. The van der Waals surface area contributed by atoms with Crippen LogP contribution in [0.25, 0.3) is 0 Å². The Labute approximate surface area is 156 Å². The maximum absolute atomic E-state index is 12.4. The van der Waals surface area contributed by atoms with Crippen molar-refractivity contribution in [1.29, 1.82) is 0 Å². The molecule has 3 aromatic rings. The van der Waals surface area contributed by atoms with Crippen molar-refractivity contribution in [2.45, 2.75) is 27.4 Å². The summed E-state index contributed by atoms with van der Waals surface area (Å²) >= 11 is 6.15. The number of nitrogens with one attached hydrogen (secondary N) is 1. The highest BCUT2D eigenvalue weighted by atomic mass is 35.5. The number of carbonyl (C=O) groups is 1. The standard InChI is InChI=1S/C19H20ClN3O3/c1-11-6-5-7-15(20)18(11)25-10-14-8-9-16(26-14)19(24)21-17-12(2)22-23(4)13(17)3/h5-9H,10H2,1-4H3,(H,21,24). The Morgan fingerprint density at radius 1 is 1.27 bits per heavy atom. The van der Waals surface area contributed by atoms with Crippen molar-refractivity contribution >= 4 is 23.2 Å². The van der Waals surface area contributed by atoms with E-state index in [-0.39, 0.29) is 18.3 Å². The maximum atomic E-state index is 12.4. The Kier molecular flexibility index (Phi) is 5.04. The molecule has 26 heavy (non-hydrogen) atoms. The third kappa shape index (κ3) is 3.60. The van der Waals surface area contributed by atoms with Crippen molar-refractivity contribution in [1.82, 2.24) is 9.78 Å². The third-order valence-corrected chi connectivity index (χ3v) is 4.45. The van der Waals surface area contributed by atoms with Crippen LogP contribution in [0.15, 0.2) is 34.7 Å². The first-order valence-electron chi connectivity index (χ1n) is 8.15. The van der Waals surface area contributed by atoms with Gasteiger partial charge in [0.25, 0.3) is 5.91 Å². The summed E-state index contributed by atoms with van der Waals surface area (Å²) in [5, 5.41) is 7.66. The second kappa shape index (κ2) is 7.25. The lowest BCUT2D eigenvalue weighted by atomic mass is 10.2. The molecule has 136 valence electrons. The van der Waals surface area contributed by atoms with Gasteiger partial charge < -0.3 is 14.5 Å². The molecule has 2 aromatic heterocycles. The van der Waals surface area contributed by atoms with E-state index in [9.17, 15) is 4.79 Å². The zero-order valence-electron chi connectivity index (χ0n) is 15.1. The molecule has 7 heteroatoms. The number of anilines is 1. The second-order valence-electron chi connectivity index (χ2n) is 6.06. The van der Waals surface area contributed by atoms with E-state index in [0.29, 0.717) is 22.2 Å². The van der Waals surface area contributed by atoms with E-state index in [4.69, 9.17) is 20.8 Å². The van der Waals surface area contributed by atoms with E-state index < -0.39 is 0 Å². The predicted octanol–water partition coefficient (Wildman–Crippen LogP) is 4.42. The van der Waals surface area contributed by atoms with Gasteiger partial charge in [-0.3, -0.25) is 9.48 Å². The van der Waals surface area contributed by atoms with Gasteiger partial charge in [-0.15, -0.1) is 0 Å². The van der Waals surface area contributed by atoms with Gasteiger partial charge in [-0.2, -0.15) is 5.10 Å². The van der Waals surface area contributed by atoms with Gasteiger partial charge >= 0.3 is 0 Å². The Morgan fingerprint density at radius 2 is 2.04 bits per heavy atom. The van der Waals surface area contributed by atoms with E-state index in [1.54, 1.807) is 22.9 Å². The van der Waals surface area contributed by atoms with Crippen molar-refractivity contribution in [3.63, 3.8) is 0 Å². The van der Waals surface area contributed by atoms with Crippen LogP contribution in [-0.2, 0) is 13.7 Å². The molecule has 0 saturated carbocycles. The van der Waals surface area contributed by atoms with E-state index >= 15 is 0 Å². The maximum Gasteiger partial charge on any atom is 0.291 e. The molecule has 0 aliphatic heterocycles. The van der Waals surface area contributed by atoms with Crippen LogP contribution < -0.4 is 10.1 Å². The SMILES string of the molecule is Cc1cccc(Cl)c1OCc1ccc(C(=O)Nc2c(C)nn(C)c2C)o1. The van der Waals surface area contributed by atoms with E-state index in [2.05, 4.69) is 10.4 Å². The van der Waals surface area contributed by atoms with Crippen molar-refractivity contribution in [2.75, 3.05) is 5.32 Å². The number of benzene rings is 1. The largest absolute Gasteiger partial charge is 0.484 e. The fourth-order valence-electron chi connectivity index (χ4n) is 2.65. The van der Waals surface area contributed by atoms with Gasteiger partial charge in [0.2, 0.25) is 0 Å². The lowest BCUT2D eigenvalue weighted by Crippen LogP contribution is -2.12. The molecule has 1 N–H and O–H groups in total. The number of hydrogen-bond acceptors (Lipinski definition) is 4. The summed E-state index contributed by atoms with van der Waals surface area (Å²) < 4.78 is 13.1. The number of para-hydroxylation sites is 1. The summed E-state index contributed by atoms with van der Waals surface area (Å²) in [7, 11) is 1.83. The first-order valence-corrected chi connectivity index (χ1v) is 8.52. The Hall–Kier alpha value is -2.73. The van der Waals surface area contributed by atoms with E-state index in [0.717, 1.165) is 17.0 Å². The molecular weight excluding hydrogens is 354 g/mol. The van der Waals surface area contributed by atoms with Crippen molar-refractivity contribution in [2.24, 2.45) is 7.05 Å². The van der Waals surface area contributed by atoms with Crippen LogP contribution in [0.3, 0.4) is 0 Å². The van der Waals surface area contributed by atoms with Gasteiger partial charge in [0.1, 0.15) is 18.1 Å². The molecule has 0 aliphatic rings. The average Bonchev–Trinajstić information content (AvgIpc) is 3.15. The molecular formula is C19H20ClN3O3. The summed E-state index contributed by atoms with van der Waals surface area (Å²) in [6.07, 6.45) is 0. The smallest absolute Gasteiger partial charge is 0.291 e. The monoisotopic (exact) mass is 373 g/mol. The van der Waals surface area contributed by atoms with Crippen molar-refractivity contribution < 1.29 is 13.9 Å². The molecule has 0 saturated heterocycles. The number of rotatable bonds is 5. The first kappa shape index (κ1) is 18.1. The summed E-state index contributed by atoms with van der Waals surface area (Å²) in [4.78, 5) is 12.4. The van der Waals surface area contributed by atoms with Gasteiger partial charge in [0, 0.05) is 7.05 Å². The number of aromatic nitrogens is 2. The highest BCUT2D eigenvalue weighted by Crippen LogP contribution is 2.29. The molecule has 1 aromatic carbocycles. The first-order chi connectivity index (χ1) is 12.4. The van der Waals surface area contributed by atoms with Crippen molar-refractivity contribution in [3.8, 4) is 5.75 Å². The minimum absolute atomic E-state index is 0.183. The Morgan fingerprint density at radius 3 is 2.69 bits per heavy atom. The number of nitrogens with zero attached hydrogens (tertiary/aromatic N) is 2. The molecule has 2 heterocycles. The molecule has 0 aliphatic carbocycles. The fraction of sp³-hybridized carbons (Fsp3) is 0.263. The van der Waals surface area contributed by atoms with E-state index in [1.165, 1.54) is 0 Å². The van der Waals surface area contributed by atoms with Gasteiger partial charge in [0.15, 0.2) is 5.76 Å². The number of hydrogen-bond donors (Lipinski definition) is 1. The Balaban J connectivity index is 1.68. The van der Waals surface area contributed by atoms with Crippen molar-refractivity contribution in [3.05, 3.63) is 63.8 Å². The molecule has 0 atom stereocenters. The molecule has 1 amide bonds. The number of carbonyl (C=O) groups excluding carboxylic acids is 1. The summed E-state index contributed by atoms with van der Waals surface area (Å²) in [5.41, 5.74) is 3.26. The lowest BCUT2D eigenvalue weighted by molar-refractivity contribution is 0.0992. The van der Waals surface area contributed by atoms with Crippen LogP contribution in [0, 0.1) is 20.8 Å².